The van der Waals surface area contributed by atoms with Crippen molar-refractivity contribution in [3.63, 3.8) is 0 Å². The van der Waals surface area contributed by atoms with Gasteiger partial charge in [0.25, 0.3) is 0 Å². The summed E-state index contributed by atoms with van der Waals surface area (Å²) in [6.45, 7) is -0.817. The molecule has 0 saturated carbocycles. The SMILES string of the molecule is COc1cc(C2c3cc(O)ccc3CC(COC3OC(CO)C(O)C(O)C3O)C2CO)cc(OC)c1O. The third-order valence-electron chi connectivity index (χ3n) is 7.38. The van der Waals surface area contributed by atoms with Crippen LogP contribution in [0, 0.1) is 11.8 Å². The number of aliphatic hydroxyl groups excluding tert-OH is 5. The third-order valence-corrected chi connectivity index (χ3v) is 7.38. The highest BCUT2D eigenvalue weighted by molar-refractivity contribution is 5.56. The molecule has 1 aliphatic carbocycles. The van der Waals surface area contributed by atoms with Gasteiger partial charge in [0.2, 0.25) is 5.75 Å². The molecule has 2 aromatic rings. The van der Waals surface area contributed by atoms with Crippen LogP contribution in [0.2, 0.25) is 0 Å². The summed E-state index contributed by atoms with van der Waals surface area (Å²) in [5.41, 5.74) is 2.37. The van der Waals surface area contributed by atoms with Gasteiger partial charge in [0, 0.05) is 12.5 Å². The minimum absolute atomic E-state index is 0.0110. The van der Waals surface area contributed by atoms with Crippen molar-refractivity contribution in [2.24, 2.45) is 11.8 Å². The summed E-state index contributed by atoms with van der Waals surface area (Å²) in [7, 11) is 2.83. The number of phenols is 2. The molecule has 204 valence electrons. The van der Waals surface area contributed by atoms with E-state index in [2.05, 4.69) is 0 Å². The summed E-state index contributed by atoms with van der Waals surface area (Å²) in [5.74, 6) is -0.909. The zero-order chi connectivity index (χ0) is 26.9. The molecule has 2 aliphatic rings. The van der Waals surface area contributed by atoms with E-state index < -0.39 is 49.1 Å². The van der Waals surface area contributed by atoms with Crippen molar-refractivity contribution in [1.29, 1.82) is 0 Å². The van der Waals surface area contributed by atoms with Crippen molar-refractivity contribution in [1.82, 2.24) is 0 Å². The van der Waals surface area contributed by atoms with E-state index >= 15 is 0 Å². The van der Waals surface area contributed by atoms with Gasteiger partial charge in [-0.1, -0.05) is 6.07 Å². The highest BCUT2D eigenvalue weighted by Gasteiger charge is 2.45. The second kappa shape index (κ2) is 11.4. The van der Waals surface area contributed by atoms with E-state index in [1.807, 2.05) is 0 Å². The number of hydrogen-bond donors (Lipinski definition) is 7. The first-order chi connectivity index (χ1) is 17.7. The fraction of sp³-hybridized carbons (Fsp3) is 0.538. The summed E-state index contributed by atoms with van der Waals surface area (Å²) in [6, 6.07) is 8.31. The van der Waals surface area contributed by atoms with Gasteiger partial charge in [0.05, 0.1) is 27.4 Å². The van der Waals surface area contributed by atoms with E-state index in [4.69, 9.17) is 18.9 Å². The molecular weight excluding hydrogens is 488 g/mol. The topological polar surface area (TPSA) is 179 Å². The Morgan fingerprint density at radius 1 is 0.892 bits per heavy atom. The Labute approximate surface area is 214 Å². The molecule has 1 saturated heterocycles. The van der Waals surface area contributed by atoms with E-state index in [0.717, 1.165) is 11.1 Å². The molecular formula is C26H34O11. The van der Waals surface area contributed by atoms with Gasteiger partial charge in [-0.3, -0.25) is 0 Å². The molecule has 1 aliphatic heterocycles. The number of fused-ring (bicyclic) bond motifs is 1. The predicted molar refractivity (Wildman–Crippen MR) is 129 cm³/mol. The molecule has 4 rings (SSSR count). The van der Waals surface area contributed by atoms with Gasteiger partial charge in [0.15, 0.2) is 17.8 Å². The Hall–Kier alpha value is -2.64. The Morgan fingerprint density at radius 3 is 2.16 bits per heavy atom. The lowest BCUT2D eigenvalue weighted by Crippen LogP contribution is -2.59. The number of hydrogen-bond acceptors (Lipinski definition) is 11. The summed E-state index contributed by atoms with van der Waals surface area (Å²) < 4.78 is 22.0. The fourth-order valence-electron chi connectivity index (χ4n) is 5.38. The van der Waals surface area contributed by atoms with Crippen molar-refractivity contribution in [3.05, 3.63) is 47.0 Å². The van der Waals surface area contributed by atoms with Crippen LogP contribution in [0.25, 0.3) is 0 Å². The lowest BCUT2D eigenvalue weighted by atomic mass is 9.67. The maximum Gasteiger partial charge on any atom is 0.200 e. The van der Waals surface area contributed by atoms with Crippen LogP contribution in [-0.2, 0) is 15.9 Å². The zero-order valence-electron chi connectivity index (χ0n) is 20.6. The maximum absolute atomic E-state index is 10.5. The van der Waals surface area contributed by atoms with Crippen LogP contribution in [0.5, 0.6) is 23.0 Å². The molecule has 8 atom stereocenters. The molecule has 2 aromatic carbocycles. The average molecular weight is 523 g/mol. The first-order valence-electron chi connectivity index (χ1n) is 12.0. The maximum atomic E-state index is 10.5. The number of benzene rings is 2. The van der Waals surface area contributed by atoms with Crippen molar-refractivity contribution in [3.8, 4) is 23.0 Å². The molecule has 37 heavy (non-hydrogen) atoms. The van der Waals surface area contributed by atoms with E-state index in [0.29, 0.717) is 12.0 Å². The van der Waals surface area contributed by atoms with Gasteiger partial charge in [-0.15, -0.1) is 0 Å². The number of methoxy groups -OCH3 is 2. The summed E-state index contributed by atoms with van der Waals surface area (Å²) >= 11 is 0. The summed E-state index contributed by atoms with van der Waals surface area (Å²) in [4.78, 5) is 0. The molecule has 0 bridgehead atoms. The Kier molecular flexibility index (Phi) is 8.44. The van der Waals surface area contributed by atoms with Crippen LogP contribution >= 0.6 is 0 Å². The molecule has 1 fully saturated rings. The summed E-state index contributed by atoms with van der Waals surface area (Å²) in [6.07, 6.45) is -6.53. The van der Waals surface area contributed by atoms with Crippen molar-refractivity contribution in [2.45, 2.75) is 43.0 Å². The smallest absolute Gasteiger partial charge is 0.200 e. The minimum atomic E-state index is -1.57. The third kappa shape index (κ3) is 5.21. The molecule has 0 aromatic heterocycles. The molecule has 11 nitrogen and oxygen atoms in total. The average Bonchev–Trinajstić information content (AvgIpc) is 2.90. The van der Waals surface area contributed by atoms with Crippen LogP contribution < -0.4 is 9.47 Å². The minimum Gasteiger partial charge on any atom is -0.508 e. The lowest BCUT2D eigenvalue weighted by Gasteiger charge is -2.42. The first-order valence-corrected chi connectivity index (χ1v) is 12.0. The monoisotopic (exact) mass is 522 g/mol. The molecule has 0 radical (unpaired) electrons. The molecule has 0 amide bonds. The second-order valence-corrected chi connectivity index (χ2v) is 9.48. The highest BCUT2D eigenvalue weighted by atomic mass is 16.7. The normalized spacial score (nSPS) is 31.5. The van der Waals surface area contributed by atoms with Gasteiger partial charge in [-0.25, -0.2) is 0 Å². The van der Waals surface area contributed by atoms with Crippen molar-refractivity contribution in [2.75, 3.05) is 34.0 Å². The van der Waals surface area contributed by atoms with Crippen LogP contribution in [0.1, 0.15) is 22.6 Å². The Balaban J connectivity index is 1.68. The number of ether oxygens (including phenoxy) is 4. The van der Waals surface area contributed by atoms with Crippen molar-refractivity contribution >= 4 is 0 Å². The molecule has 8 unspecified atom stereocenters. The quantitative estimate of drug-likeness (QED) is 0.245. The zero-order valence-corrected chi connectivity index (χ0v) is 20.6. The molecule has 1 heterocycles. The second-order valence-electron chi connectivity index (χ2n) is 9.48. The Bertz CT molecular complexity index is 1050. The largest absolute Gasteiger partial charge is 0.508 e. The van der Waals surface area contributed by atoms with Crippen LogP contribution in [0.3, 0.4) is 0 Å². The number of rotatable bonds is 8. The number of phenolic OH excluding ortho intramolecular Hbond substituents is 2. The van der Waals surface area contributed by atoms with Crippen LogP contribution in [0.4, 0.5) is 0 Å². The number of aliphatic hydroxyl groups is 5. The van der Waals surface area contributed by atoms with E-state index in [1.165, 1.54) is 14.2 Å². The fourth-order valence-corrected chi connectivity index (χ4v) is 5.38. The van der Waals surface area contributed by atoms with Gasteiger partial charge < -0.3 is 54.7 Å². The first kappa shape index (κ1) is 27.4. The predicted octanol–water partition coefficient (Wildman–Crippen LogP) is -0.156. The van der Waals surface area contributed by atoms with Crippen LogP contribution in [-0.4, -0.2) is 100 Å². The van der Waals surface area contributed by atoms with Gasteiger partial charge in [0.1, 0.15) is 30.2 Å². The lowest BCUT2D eigenvalue weighted by molar-refractivity contribution is -0.304. The standard InChI is InChI=1S/C26H34O11/c1-34-18-6-13(7-19(35-2)22(18)30)21-16-8-15(29)4-3-12(16)5-14(17(21)9-27)11-36-26-25(33)24(32)23(31)20(10-28)37-26/h3-4,6-8,14,17,20-21,23-33H,5,9-11H2,1-2H3. The number of aromatic hydroxyl groups is 2. The van der Waals surface area contributed by atoms with Crippen LogP contribution in [0.15, 0.2) is 30.3 Å². The van der Waals surface area contributed by atoms with Gasteiger partial charge in [-0.05, 0) is 59.2 Å². The van der Waals surface area contributed by atoms with Gasteiger partial charge in [-0.2, -0.15) is 0 Å². The molecule has 11 heteroatoms. The molecule has 0 spiro atoms. The van der Waals surface area contributed by atoms with E-state index in [9.17, 15) is 35.7 Å². The summed E-state index contributed by atoms with van der Waals surface area (Å²) in [5, 5.41) is 71.1. The highest BCUT2D eigenvalue weighted by Crippen LogP contribution is 2.48. The molecule has 7 N–H and O–H groups in total. The Morgan fingerprint density at radius 2 is 1.57 bits per heavy atom. The van der Waals surface area contributed by atoms with E-state index in [1.54, 1.807) is 30.3 Å². The van der Waals surface area contributed by atoms with Crippen molar-refractivity contribution < 1.29 is 54.7 Å². The van der Waals surface area contributed by atoms with E-state index in [-0.39, 0.29) is 42.1 Å². The van der Waals surface area contributed by atoms with Gasteiger partial charge >= 0.3 is 0 Å².